The first-order chi connectivity index (χ1) is 10.1. The molecule has 0 amide bonds. The average Bonchev–Trinajstić information content (AvgIpc) is 3.09. The van der Waals surface area contributed by atoms with Gasteiger partial charge in [0, 0.05) is 7.05 Å². The molecular formula is C13H15N7O. The van der Waals surface area contributed by atoms with Crippen molar-refractivity contribution in [2.45, 2.75) is 20.0 Å². The lowest BCUT2D eigenvalue weighted by Gasteiger charge is -2.08. The summed E-state index contributed by atoms with van der Waals surface area (Å²) in [5.41, 5.74) is 1.99. The van der Waals surface area contributed by atoms with Crippen LogP contribution in [0, 0.1) is 6.92 Å². The van der Waals surface area contributed by atoms with E-state index in [2.05, 4.69) is 25.6 Å². The number of aryl methyl sites for hydroxylation is 2. The van der Waals surface area contributed by atoms with Crippen molar-refractivity contribution >= 4 is 0 Å². The SMILES string of the molecule is Cc1cccc(-n2nnc(C(C)Oc3nncn3C)n2)c1. The number of rotatable bonds is 4. The van der Waals surface area contributed by atoms with E-state index >= 15 is 0 Å². The lowest BCUT2D eigenvalue weighted by atomic mass is 10.2. The molecule has 1 unspecified atom stereocenters. The number of benzene rings is 1. The summed E-state index contributed by atoms with van der Waals surface area (Å²) >= 11 is 0. The van der Waals surface area contributed by atoms with E-state index in [0.717, 1.165) is 11.3 Å². The molecule has 0 saturated heterocycles. The fraction of sp³-hybridized carbons (Fsp3) is 0.308. The first-order valence-electron chi connectivity index (χ1n) is 6.51. The Morgan fingerprint density at radius 2 is 2.10 bits per heavy atom. The van der Waals surface area contributed by atoms with Gasteiger partial charge in [-0.2, -0.15) is 0 Å². The molecule has 0 aliphatic carbocycles. The maximum atomic E-state index is 5.66. The number of aromatic nitrogens is 7. The van der Waals surface area contributed by atoms with Crippen molar-refractivity contribution in [2.24, 2.45) is 7.05 Å². The fourth-order valence-corrected chi connectivity index (χ4v) is 1.84. The molecule has 0 fully saturated rings. The van der Waals surface area contributed by atoms with E-state index in [9.17, 15) is 0 Å². The second kappa shape index (κ2) is 5.31. The number of hydrogen-bond acceptors (Lipinski definition) is 6. The summed E-state index contributed by atoms with van der Waals surface area (Å²) in [4.78, 5) is 1.48. The first kappa shape index (κ1) is 13.2. The smallest absolute Gasteiger partial charge is 0.317 e. The quantitative estimate of drug-likeness (QED) is 0.717. The second-order valence-electron chi connectivity index (χ2n) is 4.76. The molecule has 0 radical (unpaired) electrons. The summed E-state index contributed by atoms with van der Waals surface area (Å²) in [6, 6.07) is 8.29. The molecule has 0 bridgehead atoms. The van der Waals surface area contributed by atoms with Gasteiger partial charge in [0.05, 0.1) is 5.69 Å². The summed E-state index contributed by atoms with van der Waals surface area (Å²) in [6.45, 7) is 3.85. The minimum absolute atomic E-state index is 0.369. The van der Waals surface area contributed by atoms with Gasteiger partial charge in [-0.25, -0.2) is 0 Å². The van der Waals surface area contributed by atoms with Crippen LogP contribution in [0.2, 0.25) is 0 Å². The second-order valence-corrected chi connectivity index (χ2v) is 4.76. The molecule has 1 aromatic carbocycles. The van der Waals surface area contributed by atoms with Gasteiger partial charge in [-0.05, 0) is 36.8 Å². The molecule has 8 heteroatoms. The molecule has 1 atom stereocenters. The molecule has 3 rings (SSSR count). The third-order valence-electron chi connectivity index (χ3n) is 2.98. The Balaban J connectivity index is 1.80. The molecule has 0 N–H and O–H groups in total. The van der Waals surface area contributed by atoms with E-state index in [-0.39, 0.29) is 6.10 Å². The summed E-state index contributed by atoms with van der Waals surface area (Å²) in [6.07, 6.45) is 1.20. The van der Waals surface area contributed by atoms with Gasteiger partial charge in [0.15, 0.2) is 6.10 Å². The van der Waals surface area contributed by atoms with Gasteiger partial charge >= 0.3 is 6.01 Å². The molecule has 0 aliphatic heterocycles. The van der Waals surface area contributed by atoms with E-state index < -0.39 is 0 Å². The number of tetrazole rings is 1. The Morgan fingerprint density at radius 3 is 2.81 bits per heavy atom. The minimum atomic E-state index is -0.369. The molecule has 8 nitrogen and oxygen atoms in total. The van der Waals surface area contributed by atoms with Gasteiger partial charge in [0.1, 0.15) is 6.33 Å². The number of hydrogen-bond donors (Lipinski definition) is 0. The maximum Gasteiger partial charge on any atom is 0.317 e. The number of nitrogens with zero attached hydrogens (tertiary/aromatic N) is 7. The van der Waals surface area contributed by atoms with E-state index in [1.807, 2.05) is 38.1 Å². The fourth-order valence-electron chi connectivity index (χ4n) is 1.84. The van der Waals surface area contributed by atoms with Gasteiger partial charge < -0.3 is 4.74 Å². The van der Waals surface area contributed by atoms with E-state index in [1.165, 1.54) is 4.80 Å². The first-order valence-corrected chi connectivity index (χ1v) is 6.51. The molecule has 108 valence electrons. The zero-order chi connectivity index (χ0) is 14.8. The zero-order valence-electron chi connectivity index (χ0n) is 12.0. The Kier molecular flexibility index (Phi) is 3.35. The molecule has 0 saturated carbocycles. The standard InChI is InChI=1S/C13H15N7O/c1-9-5-4-6-11(7-9)20-17-12(15-18-20)10(2)21-13-16-14-8-19(13)3/h4-8,10H,1-3H3. The molecular weight excluding hydrogens is 270 g/mol. The van der Waals surface area contributed by atoms with Gasteiger partial charge in [0.2, 0.25) is 5.82 Å². The van der Waals surface area contributed by atoms with Crippen LogP contribution in [0.3, 0.4) is 0 Å². The Hall–Kier alpha value is -2.77. The van der Waals surface area contributed by atoms with E-state index in [4.69, 9.17) is 4.74 Å². The van der Waals surface area contributed by atoms with Crippen LogP contribution in [0.5, 0.6) is 6.01 Å². The highest BCUT2D eigenvalue weighted by Crippen LogP contribution is 2.16. The van der Waals surface area contributed by atoms with Gasteiger partial charge in [-0.3, -0.25) is 4.57 Å². The van der Waals surface area contributed by atoms with Crippen LogP contribution < -0.4 is 4.74 Å². The van der Waals surface area contributed by atoms with E-state index in [1.54, 1.807) is 17.9 Å². The van der Waals surface area contributed by atoms with Crippen molar-refractivity contribution in [3.63, 3.8) is 0 Å². The summed E-state index contributed by atoms with van der Waals surface area (Å²) in [5, 5.41) is 20.1. The van der Waals surface area contributed by atoms with Gasteiger partial charge in [-0.15, -0.1) is 20.1 Å². The van der Waals surface area contributed by atoms with E-state index in [0.29, 0.717) is 11.8 Å². The summed E-state index contributed by atoms with van der Waals surface area (Å²) < 4.78 is 7.34. The predicted molar refractivity (Wildman–Crippen MR) is 73.9 cm³/mol. The van der Waals surface area contributed by atoms with Crippen LogP contribution in [0.4, 0.5) is 0 Å². The third kappa shape index (κ3) is 2.73. The molecule has 3 aromatic rings. The Morgan fingerprint density at radius 1 is 1.24 bits per heavy atom. The zero-order valence-corrected chi connectivity index (χ0v) is 12.0. The van der Waals surface area contributed by atoms with Crippen molar-refractivity contribution in [1.29, 1.82) is 0 Å². The normalized spacial score (nSPS) is 12.3. The van der Waals surface area contributed by atoms with Crippen LogP contribution in [-0.2, 0) is 7.05 Å². The molecule has 0 aliphatic rings. The Bertz CT molecular complexity index is 748. The van der Waals surface area contributed by atoms with Crippen LogP contribution in [-0.4, -0.2) is 35.0 Å². The third-order valence-corrected chi connectivity index (χ3v) is 2.98. The van der Waals surface area contributed by atoms with Gasteiger partial charge in [-0.1, -0.05) is 17.2 Å². The van der Waals surface area contributed by atoms with Crippen molar-refractivity contribution in [1.82, 2.24) is 35.0 Å². The highest BCUT2D eigenvalue weighted by Gasteiger charge is 2.16. The van der Waals surface area contributed by atoms with Crippen LogP contribution in [0.25, 0.3) is 5.69 Å². The maximum absolute atomic E-state index is 5.66. The molecule has 21 heavy (non-hydrogen) atoms. The predicted octanol–water partition coefficient (Wildman–Crippen LogP) is 1.24. The largest absolute Gasteiger partial charge is 0.452 e. The lowest BCUT2D eigenvalue weighted by Crippen LogP contribution is -2.09. The van der Waals surface area contributed by atoms with Crippen molar-refractivity contribution < 1.29 is 4.74 Å². The Labute approximate surface area is 121 Å². The highest BCUT2D eigenvalue weighted by molar-refractivity contribution is 5.32. The van der Waals surface area contributed by atoms with Crippen molar-refractivity contribution in [3.8, 4) is 11.7 Å². The monoisotopic (exact) mass is 285 g/mol. The lowest BCUT2D eigenvalue weighted by molar-refractivity contribution is 0.190. The average molecular weight is 285 g/mol. The van der Waals surface area contributed by atoms with Crippen LogP contribution >= 0.6 is 0 Å². The molecule has 2 heterocycles. The van der Waals surface area contributed by atoms with Crippen molar-refractivity contribution in [3.05, 3.63) is 42.0 Å². The number of ether oxygens (including phenoxy) is 1. The van der Waals surface area contributed by atoms with Crippen LogP contribution in [0.15, 0.2) is 30.6 Å². The van der Waals surface area contributed by atoms with Crippen LogP contribution in [0.1, 0.15) is 24.4 Å². The van der Waals surface area contributed by atoms with Gasteiger partial charge in [0.25, 0.3) is 0 Å². The summed E-state index contributed by atoms with van der Waals surface area (Å²) in [5.74, 6) is 0.486. The molecule has 0 spiro atoms. The topological polar surface area (TPSA) is 83.5 Å². The summed E-state index contributed by atoms with van der Waals surface area (Å²) in [7, 11) is 1.80. The van der Waals surface area contributed by atoms with Crippen molar-refractivity contribution in [2.75, 3.05) is 0 Å². The molecule has 2 aromatic heterocycles. The minimum Gasteiger partial charge on any atom is -0.452 e. The highest BCUT2D eigenvalue weighted by atomic mass is 16.5.